The van der Waals surface area contributed by atoms with E-state index in [-0.39, 0.29) is 24.1 Å². The molecule has 5 aliphatic heterocycles. The van der Waals surface area contributed by atoms with Crippen molar-refractivity contribution >= 4 is 57.4 Å². The fourth-order valence-corrected chi connectivity index (χ4v) is 9.98. The second-order valence-electron chi connectivity index (χ2n) is 16.1. The number of nitrogens with zero attached hydrogens (tertiary/aromatic N) is 7. The molecule has 57 heavy (non-hydrogen) atoms. The molecule has 1 unspecified atom stereocenters. The molecule has 2 aromatic carbocycles. The number of aromatic nitrogens is 2. The van der Waals surface area contributed by atoms with E-state index in [2.05, 4.69) is 66.3 Å². The molecule has 0 saturated carbocycles. The lowest BCUT2D eigenvalue weighted by Gasteiger charge is -2.40. The first kappa shape index (κ1) is 37.3. The van der Waals surface area contributed by atoms with Gasteiger partial charge in [-0.1, -0.05) is 23.7 Å². The second-order valence-corrected chi connectivity index (χ2v) is 16.6. The van der Waals surface area contributed by atoms with E-state index in [1.54, 1.807) is 11.1 Å². The molecular formula is C43H48ClN9O4. The first-order chi connectivity index (χ1) is 27.8. The van der Waals surface area contributed by atoms with Crippen molar-refractivity contribution in [1.82, 2.24) is 25.1 Å². The zero-order valence-corrected chi connectivity index (χ0v) is 33.1. The van der Waals surface area contributed by atoms with E-state index in [0.29, 0.717) is 41.0 Å². The van der Waals surface area contributed by atoms with Gasteiger partial charge in [-0.3, -0.25) is 24.6 Å². The van der Waals surface area contributed by atoms with Crippen LogP contribution in [0.2, 0.25) is 5.02 Å². The number of anilines is 3. The van der Waals surface area contributed by atoms with Gasteiger partial charge in [0, 0.05) is 95.1 Å². The number of imide groups is 1. The van der Waals surface area contributed by atoms with Crippen molar-refractivity contribution in [3.05, 3.63) is 75.9 Å². The third-order valence-corrected chi connectivity index (χ3v) is 13.2. The molecule has 2 aromatic heterocycles. The minimum atomic E-state index is -0.675. The maximum Gasteiger partial charge on any atom is 0.260 e. The SMILES string of the molecule is COc1nc(N2CCN(CC3CCN(c4ccc(C5CCCN(c6ccc(Cl)c7c(C#N)c[nH]c67)C5)cc4)CC3)CC2)cc2c1C(=O)N([C@@H]1CCC(=O)NC1=O)C2. The molecule has 2 N–H and O–H groups in total. The Morgan fingerprint density at radius 1 is 0.930 bits per heavy atom. The van der Waals surface area contributed by atoms with Gasteiger partial charge >= 0.3 is 0 Å². The fraction of sp³-hybridized carbons (Fsp3) is 0.465. The zero-order chi connectivity index (χ0) is 39.2. The van der Waals surface area contributed by atoms with Crippen LogP contribution in [-0.4, -0.2) is 110 Å². The smallest absolute Gasteiger partial charge is 0.260 e. The van der Waals surface area contributed by atoms with Crippen LogP contribution >= 0.6 is 11.6 Å². The van der Waals surface area contributed by atoms with Gasteiger partial charge in [0.25, 0.3) is 5.91 Å². The second kappa shape index (κ2) is 15.6. The van der Waals surface area contributed by atoms with Crippen LogP contribution in [0.3, 0.4) is 0 Å². The van der Waals surface area contributed by atoms with Crippen LogP contribution in [0.5, 0.6) is 5.88 Å². The summed E-state index contributed by atoms with van der Waals surface area (Å²) in [6, 6.07) is 16.8. The average Bonchev–Trinajstić information content (AvgIpc) is 3.83. The lowest BCUT2D eigenvalue weighted by molar-refractivity contribution is -0.136. The highest BCUT2D eigenvalue weighted by atomic mass is 35.5. The number of benzene rings is 2. The van der Waals surface area contributed by atoms with Gasteiger partial charge < -0.3 is 29.3 Å². The molecule has 3 amide bonds. The van der Waals surface area contributed by atoms with E-state index in [1.807, 2.05) is 12.1 Å². The van der Waals surface area contributed by atoms with Gasteiger partial charge in [-0.05, 0) is 79.5 Å². The summed E-state index contributed by atoms with van der Waals surface area (Å²) in [6.07, 6.45) is 6.90. The summed E-state index contributed by atoms with van der Waals surface area (Å²) in [5, 5.41) is 13.4. The van der Waals surface area contributed by atoms with Gasteiger partial charge in [-0.2, -0.15) is 10.2 Å². The van der Waals surface area contributed by atoms with Crippen LogP contribution in [0.1, 0.15) is 71.5 Å². The van der Waals surface area contributed by atoms with Crippen LogP contribution in [0.25, 0.3) is 10.9 Å². The number of hydrogen-bond acceptors (Lipinski definition) is 10. The predicted molar refractivity (Wildman–Crippen MR) is 219 cm³/mol. The van der Waals surface area contributed by atoms with Gasteiger partial charge in [0.15, 0.2) is 0 Å². The minimum Gasteiger partial charge on any atom is -0.480 e. The Morgan fingerprint density at radius 3 is 2.46 bits per heavy atom. The Kier molecular flexibility index (Phi) is 10.2. The number of piperazine rings is 1. The number of ether oxygens (including phenoxy) is 1. The Bertz CT molecular complexity index is 2240. The predicted octanol–water partition coefficient (Wildman–Crippen LogP) is 5.28. The highest BCUT2D eigenvalue weighted by Gasteiger charge is 2.41. The van der Waals surface area contributed by atoms with Gasteiger partial charge in [-0.25, -0.2) is 0 Å². The van der Waals surface area contributed by atoms with Crippen LogP contribution in [0, 0.1) is 17.2 Å². The van der Waals surface area contributed by atoms with Gasteiger partial charge in [-0.15, -0.1) is 0 Å². The lowest BCUT2D eigenvalue weighted by atomic mass is 9.89. The van der Waals surface area contributed by atoms with Crippen molar-refractivity contribution in [2.75, 3.05) is 80.7 Å². The van der Waals surface area contributed by atoms with Crippen molar-refractivity contribution in [2.24, 2.45) is 5.92 Å². The van der Waals surface area contributed by atoms with Crippen LogP contribution in [-0.2, 0) is 16.1 Å². The number of rotatable bonds is 8. The number of piperidine rings is 3. The molecule has 14 heteroatoms. The largest absolute Gasteiger partial charge is 0.480 e. The van der Waals surface area contributed by atoms with Gasteiger partial charge in [0.2, 0.25) is 17.7 Å². The molecule has 0 aliphatic carbocycles. The topological polar surface area (TPSA) is 141 Å². The Hall–Kier alpha value is -5.32. The van der Waals surface area contributed by atoms with Crippen molar-refractivity contribution in [1.29, 1.82) is 5.26 Å². The molecule has 9 rings (SSSR count). The number of pyridine rings is 1. The first-order valence-corrected chi connectivity index (χ1v) is 20.6. The third-order valence-electron chi connectivity index (χ3n) is 12.9. The normalized spacial score (nSPS) is 22.2. The fourth-order valence-electron chi connectivity index (χ4n) is 9.72. The number of fused-ring (bicyclic) bond motifs is 2. The van der Waals surface area contributed by atoms with Gasteiger partial charge in [0.1, 0.15) is 23.5 Å². The number of hydrogen-bond donors (Lipinski definition) is 2. The number of carbonyl (C=O) groups excluding carboxylic acids is 3. The standard InChI is InChI=1S/C43H48ClN9O4/c1-57-42-39-30(26-53(43(39)56)35-10-11-37(54)48-41(35)55)21-36(47-42)51-19-17-49(18-20-51)24-27-12-15-50(16-13-27)32-6-4-28(5-7-32)29-3-2-14-52(25-29)34-9-8-33(44)38-31(22-45)23-46-40(34)38/h4-9,21,23,27,29,35,46H,2-3,10-20,24-26H2,1H3,(H,48,54,55)/t29?,35-/m1/s1. The monoisotopic (exact) mass is 789 g/mol. The van der Waals surface area contributed by atoms with Crippen molar-refractivity contribution in [3.8, 4) is 11.9 Å². The average molecular weight is 790 g/mol. The lowest BCUT2D eigenvalue weighted by Crippen LogP contribution is -2.52. The van der Waals surface area contributed by atoms with E-state index in [1.165, 1.54) is 31.2 Å². The van der Waals surface area contributed by atoms with Crippen molar-refractivity contribution in [3.63, 3.8) is 0 Å². The van der Waals surface area contributed by atoms with Gasteiger partial charge in [0.05, 0.1) is 28.9 Å². The van der Waals surface area contributed by atoms with E-state index in [9.17, 15) is 19.6 Å². The maximum atomic E-state index is 13.4. The van der Waals surface area contributed by atoms with Crippen LogP contribution < -0.4 is 24.8 Å². The highest BCUT2D eigenvalue weighted by Crippen LogP contribution is 2.39. The minimum absolute atomic E-state index is 0.216. The Morgan fingerprint density at radius 2 is 1.72 bits per heavy atom. The number of amides is 3. The summed E-state index contributed by atoms with van der Waals surface area (Å²) in [7, 11) is 1.52. The van der Waals surface area contributed by atoms with E-state index < -0.39 is 11.9 Å². The van der Waals surface area contributed by atoms with E-state index >= 15 is 0 Å². The summed E-state index contributed by atoms with van der Waals surface area (Å²) in [6.45, 7) is 8.97. The first-order valence-electron chi connectivity index (χ1n) is 20.3. The van der Waals surface area contributed by atoms with Crippen molar-refractivity contribution < 1.29 is 19.1 Å². The molecule has 5 aliphatic rings. The number of methoxy groups -OCH3 is 1. The number of nitriles is 1. The van der Waals surface area contributed by atoms with E-state index in [4.69, 9.17) is 21.3 Å². The summed E-state index contributed by atoms with van der Waals surface area (Å²) >= 11 is 6.50. The number of nitrogens with one attached hydrogen (secondary N) is 2. The summed E-state index contributed by atoms with van der Waals surface area (Å²) in [4.78, 5) is 57.1. The molecule has 4 saturated heterocycles. The summed E-state index contributed by atoms with van der Waals surface area (Å²) in [5.41, 5.74) is 6.53. The number of carbonyl (C=O) groups is 3. The molecule has 4 aromatic rings. The van der Waals surface area contributed by atoms with Crippen molar-refractivity contribution in [2.45, 2.75) is 57.0 Å². The van der Waals surface area contributed by atoms with E-state index in [0.717, 1.165) is 99.7 Å². The van der Waals surface area contributed by atoms with Crippen LogP contribution in [0.15, 0.2) is 48.7 Å². The Labute approximate surface area is 337 Å². The molecule has 296 valence electrons. The number of halogens is 1. The number of H-pyrrole nitrogens is 1. The molecule has 0 bridgehead atoms. The molecule has 2 atom stereocenters. The molecule has 0 spiro atoms. The zero-order valence-electron chi connectivity index (χ0n) is 32.3. The molecule has 13 nitrogen and oxygen atoms in total. The molecule has 4 fully saturated rings. The molecule has 0 radical (unpaired) electrons. The highest BCUT2D eigenvalue weighted by molar-refractivity contribution is 6.36. The summed E-state index contributed by atoms with van der Waals surface area (Å²) < 4.78 is 5.60. The quantitative estimate of drug-likeness (QED) is 0.227. The maximum absolute atomic E-state index is 13.4. The summed E-state index contributed by atoms with van der Waals surface area (Å²) in [5.74, 6) is 1.17. The third kappa shape index (κ3) is 7.14. The Balaban J connectivity index is 0.760. The molecule has 7 heterocycles. The number of aromatic amines is 1. The van der Waals surface area contributed by atoms with Crippen LogP contribution in [0.4, 0.5) is 17.2 Å². The molecular weight excluding hydrogens is 742 g/mol.